The molecule has 0 radical (unpaired) electrons. The van der Waals surface area contributed by atoms with Crippen molar-refractivity contribution in [2.45, 2.75) is 44.0 Å². The first-order chi connectivity index (χ1) is 7.69. The molecule has 0 bridgehead atoms. The van der Waals surface area contributed by atoms with E-state index in [1.54, 1.807) is 5.32 Å². The van der Waals surface area contributed by atoms with E-state index in [1.807, 2.05) is 0 Å². The monoisotopic (exact) mass is 299 g/mol. The number of hydrogen-bond acceptors (Lipinski definition) is 1. The SMILES string of the molecule is CC(Cl)C(C)(C)NC(=O)C(C(F)(F)F)C(F)(F)F. The van der Waals surface area contributed by atoms with E-state index < -0.39 is 35.1 Å². The van der Waals surface area contributed by atoms with Crippen molar-refractivity contribution in [3.8, 4) is 0 Å². The molecule has 108 valence electrons. The summed E-state index contributed by atoms with van der Waals surface area (Å²) in [6, 6.07) is 0. The number of rotatable bonds is 3. The van der Waals surface area contributed by atoms with Crippen LogP contribution in [0, 0.1) is 5.92 Å². The molecular weight excluding hydrogens is 288 g/mol. The molecule has 0 rings (SSSR count). The van der Waals surface area contributed by atoms with E-state index in [0.29, 0.717) is 0 Å². The Kier molecular flexibility index (Phi) is 4.96. The summed E-state index contributed by atoms with van der Waals surface area (Å²) in [5.41, 5.74) is -1.40. The van der Waals surface area contributed by atoms with Crippen molar-refractivity contribution in [1.82, 2.24) is 5.32 Å². The van der Waals surface area contributed by atoms with E-state index in [4.69, 9.17) is 11.6 Å². The molecule has 1 atom stereocenters. The van der Waals surface area contributed by atoms with Crippen LogP contribution in [0.4, 0.5) is 26.3 Å². The smallest absolute Gasteiger partial charge is 0.349 e. The molecule has 0 aromatic heterocycles. The fourth-order valence-electron chi connectivity index (χ4n) is 0.972. The molecule has 1 N–H and O–H groups in total. The molecule has 0 aromatic carbocycles. The zero-order valence-electron chi connectivity index (χ0n) is 9.71. The van der Waals surface area contributed by atoms with Gasteiger partial charge >= 0.3 is 12.4 Å². The highest BCUT2D eigenvalue weighted by molar-refractivity contribution is 6.21. The maximum Gasteiger partial charge on any atom is 0.409 e. The molecule has 0 spiro atoms. The molecule has 0 aliphatic heterocycles. The summed E-state index contributed by atoms with van der Waals surface area (Å²) >= 11 is 5.57. The van der Waals surface area contributed by atoms with E-state index >= 15 is 0 Å². The van der Waals surface area contributed by atoms with Gasteiger partial charge in [0.2, 0.25) is 11.8 Å². The highest BCUT2D eigenvalue weighted by Gasteiger charge is 2.61. The van der Waals surface area contributed by atoms with Gasteiger partial charge in [-0.2, -0.15) is 26.3 Å². The normalized spacial score (nSPS) is 15.7. The molecule has 0 aliphatic rings. The maximum atomic E-state index is 12.2. The Morgan fingerprint density at radius 2 is 1.39 bits per heavy atom. The standard InChI is InChI=1S/C9H12ClF6NO/c1-4(10)7(2,3)17-6(18)5(8(11,12)13)9(14,15)16/h4-5H,1-3H3,(H,17,18). The van der Waals surface area contributed by atoms with Crippen molar-refractivity contribution in [1.29, 1.82) is 0 Å². The summed E-state index contributed by atoms with van der Waals surface area (Å²) in [4.78, 5) is 11.1. The van der Waals surface area contributed by atoms with Gasteiger partial charge in [-0.05, 0) is 20.8 Å². The van der Waals surface area contributed by atoms with Crippen LogP contribution in [0.5, 0.6) is 0 Å². The molecule has 9 heteroatoms. The van der Waals surface area contributed by atoms with Crippen LogP contribution < -0.4 is 5.32 Å². The first-order valence-corrected chi connectivity index (χ1v) is 5.22. The lowest BCUT2D eigenvalue weighted by Crippen LogP contribution is -2.56. The number of nitrogens with one attached hydrogen (secondary N) is 1. The third-order valence-electron chi connectivity index (χ3n) is 2.36. The summed E-state index contributed by atoms with van der Waals surface area (Å²) in [5.74, 6) is -6.22. The van der Waals surface area contributed by atoms with Gasteiger partial charge in [0.05, 0.1) is 10.9 Å². The average molecular weight is 300 g/mol. The summed E-state index contributed by atoms with van der Waals surface area (Å²) in [6.45, 7) is 3.80. The number of alkyl halides is 7. The fraction of sp³-hybridized carbons (Fsp3) is 0.889. The third kappa shape index (κ3) is 4.55. The largest absolute Gasteiger partial charge is 0.409 e. The Labute approximate surface area is 105 Å². The van der Waals surface area contributed by atoms with Gasteiger partial charge in [-0.1, -0.05) is 0 Å². The van der Waals surface area contributed by atoms with Crippen LogP contribution in [0.15, 0.2) is 0 Å². The average Bonchev–Trinajstić information content (AvgIpc) is 1.94. The first kappa shape index (κ1) is 17.3. The van der Waals surface area contributed by atoms with Crippen LogP contribution >= 0.6 is 11.6 Å². The van der Waals surface area contributed by atoms with Gasteiger partial charge in [0, 0.05) is 0 Å². The van der Waals surface area contributed by atoms with Crippen LogP contribution in [0.2, 0.25) is 0 Å². The van der Waals surface area contributed by atoms with E-state index in [1.165, 1.54) is 20.8 Å². The van der Waals surface area contributed by atoms with E-state index in [-0.39, 0.29) is 0 Å². The molecule has 1 amide bonds. The second kappa shape index (κ2) is 5.14. The summed E-state index contributed by atoms with van der Waals surface area (Å²) in [6.07, 6.45) is -11.4. The Hall–Kier alpha value is -0.660. The van der Waals surface area contributed by atoms with Crippen molar-refractivity contribution in [2.75, 3.05) is 0 Å². The fourth-order valence-corrected chi connectivity index (χ4v) is 1.03. The molecular formula is C9H12ClF6NO. The van der Waals surface area contributed by atoms with Gasteiger partial charge in [-0.15, -0.1) is 11.6 Å². The predicted octanol–water partition coefficient (Wildman–Crippen LogP) is 3.25. The number of hydrogen-bond donors (Lipinski definition) is 1. The van der Waals surface area contributed by atoms with Crippen LogP contribution in [0.1, 0.15) is 20.8 Å². The summed E-state index contributed by atoms with van der Waals surface area (Å²) in [5, 5.41) is 0.814. The minimum Gasteiger partial charge on any atom is -0.349 e. The zero-order chi connectivity index (χ0) is 14.9. The molecule has 2 nitrogen and oxygen atoms in total. The van der Waals surface area contributed by atoms with Crippen LogP contribution in [-0.4, -0.2) is 29.2 Å². The zero-order valence-corrected chi connectivity index (χ0v) is 10.5. The van der Waals surface area contributed by atoms with Crippen molar-refractivity contribution in [3.63, 3.8) is 0 Å². The Morgan fingerprint density at radius 3 is 1.61 bits per heavy atom. The Morgan fingerprint density at radius 1 is 1.06 bits per heavy atom. The van der Waals surface area contributed by atoms with Crippen molar-refractivity contribution < 1.29 is 31.1 Å². The highest BCUT2D eigenvalue weighted by atomic mass is 35.5. The number of halogens is 7. The molecule has 0 heterocycles. The van der Waals surface area contributed by atoms with Gasteiger partial charge in [-0.25, -0.2) is 0 Å². The quantitative estimate of drug-likeness (QED) is 0.629. The van der Waals surface area contributed by atoms with Gasteiger partial charge in [0.1, 0.15) is 0 Å². The van der Waals surface area contributed by atoms with Gasteiger partial charge in [-0.3, -0.25) is 4.79 Å². The lowest BCUT2D eigenvalue weighted by atomic mass is 9.99. The highest BCUT2D eigenvalue weighted by Crippen LogP contribution is 2.39. The molecule has 0 fully saturated rings. The lowest BCUT2D eigenvalue weighted by molar-refractivity contribution is -0.274. The second-order valence-corrected chi connectivity index (χ2v) is 5.00. The molecule has 0 aromatic rings. The van der Waals surface area contributed by atoms with Crippen molar-refractivity contribution >= 4 is 17.5 Å². The lowest BCUT2D eigenvalue weighted by Gasteiger charge is -2.32. The van der Waals surface area contributed by atoms with E-state index in [2.05, 4.69) is 0 Å². The molecule has 0 aliphatic carbocycles. The summed E-state index contributed by atoms with van der Waals surface area (Å²) < 4.78 is 73.4. The molecule has 0 saturated carbocycles. The minimum absolute atomic E-state index is 0.844. The van der Waals surface area contributed by atoms with Gasteiger partial charge < -0.3 is 5.32 Å². The molecule has 18 heavy (non-hydrogen) atoms. The van der Waals surface area contributed by atoms with E-state index in [0.717, 1.165) is 0 Å². The topological polar surface area (TPSA) is 29.1 Å². The predicted molar refractivity (Wildman–Crippen MR) is 53.1 cm³/mol. The number of carbonyl (C=O) groups excluding carboxylic acids is 1. The van der Waals surface area contributed by atoms with Crippen molar-refractivity contribution in [3.05, 3.63) is 0 Å². The Bertz CT molecular complexity index is 295. The third-order valence-corrected chi connectivity index (χ3v) is 2.90. The second-order valence-electron chi connectivity index (χ2n) is 4.34. The number of carbonyl (C=O) groups is 1. The Balaban J connectivity index is 5.15. The van der Waals surface area contributed by atoms with Crippen molar-refractivity contribution in [2.24, 2.45) is 5.92 Å². The first-order valence-electron chi connectivity index (χ1n) is 4.79. The molecule has 1 unspecified atom stereocenters. The van der Waals surface area contributed by atoms with Gasteiger partial charge in [0.15, 0.2) is 0 Å². The number of amides is 1. The van der Waals surface area contributed by atoms with E-state index in [9.17, 15) is 31.1 Å². The summed E-state index contributed by atoms with van der Waals surface area (Å²) in [7, 11) is 0. The maximum absolute atomic E-state index is 12.2. The van der Waals surface area contributed by atoms with Gasteiger partial charge in [0.25, 0.3) is 0 Å². The van der Waals surface area contributed by atoms with Crippen LogP contribution in [0.25, 0.3) is 0 Å². The van der Waals surface area contributed by atoms with Crippen LogP contribution in [-0.2, 0) is 4.79 Å². The molecule has 0 saturated heterocycles. The minimum atomic E-state index is -5.70. The van der Waals surface area contributed by atoms with Crippen LogP contribution in [0.3, 0.4) is 0 Å².